The SMILES string of the molecule is CC1=C(C(=O)Nc2ccc(C)cc2C)C(c2ccccc2OCc2ccc(Cl)cc2)n2ncnc2N1. The second-order valence-electron chi connectivity index (χ2n) is 8.82. The van der Waals surface area contributed by atoms with Crippen LogP contribution in [0.15, 0.2) is 84.3 Å². The van der Waals surface area contributed by atoms with Crippen LogP contribution in [0.25, 0.3) is 0 Å². The van der Waals surface area contributed by atoms with E-state index in [9.17, 15) is 4.79 Å². The first-order valence-corrected chi connectivity index (χ1v) is 12.0. The summed E-state index contributed by atoms with van der Waals surface area (Å²) < 4.78 is 7.96. The summed E-state index contributed by atoms with van der Waals surface area (Å²) in [6.07, 6.45) is 1.48. The van der Waals surface area contributed by atoms with Gasteiger partial charge in [-0.15, -0.1) is 0 Å². The molecule has 0 fully saturated rings. The molecule has 1 aliphatic rings. The van der Waals surface area contributed by atoms with Gasteiger partial charge in [0.2, 0.25) is 5.95 Å². The van der Waals surface area contributed by atoms with Crippen LogP contribution in [0, 0.1) is 13.8 Å². The van der Waals surface area contributed by atoms with Crippen LogP contribution in [0.1, 0.15) is 35.2 Å². The number of carbonyl (C=O) groups is 1. The third-order valence-electron chi connectivity index (χ3n) is 6.19. The maximum atomic E-state index is 13.7. The number of benzene rings is 3. The van der Waals surface area contributed by atoms with Crippen molar-refractivity contribution in [3.05, 3.63) is 112 Å². The molecule has 1 aromatic heterocycles. The molecule has 0 spiro atoms. The Bertz CT molecular complexity index is 1460. The summed E-state index contributed by atoms with van der Waals surface area (Å²) in [4.78, 5) is 18.1. The van der Waals surface area contributed by atoms with Crippen molar-refractivity contribution in [1.29, 1.82) is 0 Å². The lowest BCUT2D eigenvalue weighted by atomic mass is 9.94. The number of halogens is 1. The number of para-hydroxylation sites is 1. The van der Waals surface area contributed by atoms with Gasteiger partial charge in [-0.1, -0.05) is 59.6 Å². The van der Waals surface area contributed by atoms with Crippen LogP contribution in [-0.2, 0) is 11.4 Å². The Labute approximate surface area is 214 Å². The zero-order chi connectivity index (χ0) is 25.2. The standard InChI is InChI=1S/C28H26ClN5O2/c1-17-8-13-23(18(2)14-17)33-27(35)25-19(3)32-28-30-16-31-34(28)26(25)22-6-4-5-7-24(22)36-15-20-9-11-21(29)12-10-20/h4-14,16,26H,15H2,1-3H3,(H,33,35)(H,30,31,32). The van der Waals surface area contributed by atoms with Gasteiger partial charge in [-0.2, -0.15) is 10.1 Å². The maximum absolute atomic E-state index is 13.7. The number of amides is 1. The number of nitrogens with zero attached hydrogens (tertiary/aromatic N) is 3. The predicted molar refractivity (Wildman–Crippen MR) is 141 cm³/mol. The van der Waals surface area contributed by atoms with Gasteiger partial charge in [0.25, 0.3) is 5.91 Å². The van der Waals surface area contributed by atoms with Crippen LogP contribution in [0.2, 0.25) is 5.02 Å². The van der Waals surface area contributed by atoms with Crippen LogP contribution in [0.5, 0.6) is 5.75 Å². The van der Waals surface area contributed by atoms with Gasteiger partial charge in [0, 0.05) is 22.0 Å². The number of nitrogens with one attached hydrogen (secondary N) is 2. The zero-order valence-electron chi connectivity index (χ0n) is 20.2. The lowest BCUT2D eigenvalue weighted by Crippen LogP contribution is -2.32. The minimum atomic E-state index is -0.532. The van der Waals surface area contributed by atoms with E-state index < -0.39 is 6.04 Å². The van der Waals surface area contributed by atoms with E-state index in [0.29, 0.717) is 34.6 Å². The highest BCUT2D eigenvalue weighted by molar-refractivity contribution is 6.30. The molecule has 3 aromatic carbocycles. The fraction of sp³-hybridized carbons (Fsp3) is 0.179. The van der Waals surface area contributed by atoms with Gasteiger partial charge in [-0.05, 0) is 56.2 Å². The van der Waals surface area contributed by atoms with E-state index in [0.717, 1.165) is 27.9 Å². The molecule has 1 amide bonds. The molecule has 2 N–H and O–H groups in total. The van der Waals surface area contributed by atoms with Gasteiger partial charge in [-0.3, -0.25) is 4.79 Å². The van der Waals surface area contributed by atoms with Crippen LogP contribution in [0.4, 0.5) is 11.6 Å². The summed E-state index contributed by atoms with van der Waals surface area (Å²) in [5, 5.41) is 11.4. The highest BCUT2D eigenvalue weighted by atomic mass is 35.5. The summed E-state index contributed by atoms with van der Waals surface area (Å²) in [6, 6.07) is 20.6. The Morgan fingerprint density at radius 3 is 2.64 bits per heavy atom. The molecule has 0 aliphatic carbocycles. The second kappa shape index (κ2) is 9.87. The molecule has 0 bridgehead atoms. The molecule has 4 aromatic rings. The van der Waals surface area contributed by atoms with Gasteiger partial charge in [0.1, 0.15) is 24.7 Å². The van der Waals surface area contributed by atoms with Gasteiger partial charge in [-0.25, -0.2) is 4.68 Å². The van der Waals surface area contributed by atoms with Crippen LogP contribution < -0.4 is 15.4 Å². The Morgan fingerprint density at radius 2 is 1.86 bits per heavy atom. The summed E-state index contributed by atoms with van der Waals surface area (Å²) in [5.74, 6) is 1.00. The second-order valence-corrected chi connectivity index (χ2v) is 9.26. The van der Waals surface area contributed by atoms with Crippen molar-refractivity contribution in [2.75, 3.05) is 10.6 Å². The van der Waals surface area contributed by atoms with Crippen LogP contribution in [-0.4, -0.2) is 20.7 Å². The highest BCUT2D eigenvalue weighted by Gasteiger charge is 2.35. The first-order chi connectivity index (χ1) is 17.4. The summed E-state index contributed by atoms with van der Waals surface area (Å²) >= 11 is 6.02. The van der Waals surface area contributed by atoms with Crippen molar-refractivity contribution in [3.8, 4) is 5.75 Å². The van der Waals surface area contributed by atoms with Crippen molar-refractivity contribution >= 4 is 29.1 Å². The van der Waals surface area contributed by atoms with Crippen molar-refractivity contribution < 1.29 is 9.53 Å². The average Bonchev–Trinajstić information content (AvgIpc) is 3.33. The molecule has 5 rings (SSSR count). The average molecular weight is 500 g/mol. The molecular formula is C28H26ClN5O2. The number of ether oxygens (including phenoxy) is 1. The number of aromatic nitrogens is 3. The molecule has 1 unspecified atom stereocenters. The molecule has 0 radical (unpaired) electrons. The van der Waals surface area contributed by atoms with E-state index in [1.165, 1.54) is 6.33 Å². The fourth-order valence-corrected chi connectivity index (χ4v) is 4.52. The van der Waals surface area contributed by atoms with E-state index in [1.807, 2.05) is 87.5 Å². The van der Waals surface area contributed by atoms with Crippen molar-refractivity contribution in [3.63, 3.8) is 0 Å². The van der Waals surface area contributed by atoms with Crippen LogP contribution >= 0.6 is 11.6 Å². The number of carbonyl (C=O) groups excluding carboxylic acids is 1. The van der Waals surface area contributed by atoms with E-state index in [1.54, 1.807) is 4.68 Å². The van der Waals surface area contributed by atoms with Gasteiger partial charge in [0.05, 0.1) is 5.57 Å². The third kappa shape index (κ3) is 4.70. The zero-order valence-corrected chi connectivity index (χ0v) is 21.0. The van der Waals surface area contributed by atoms with Crippen molar-refractivity contribution in [1.82, 2.24) is 14.8 Å². The Kier molecular flexibility index (Phi) is 6.48. The third-order valence-corrected chi connectivity index (χ3v) is 6.44. The van der Waals surface area contributed by atoms with E-state index >= 15 is 0 Å². The Balaban J connectivity index is 1.51. The largest absolute Gasteiger partial charge is 0.489 e. The van der Waals surface area contributed by atoms with Gasteiger partial charge >= 0.3 is 0 Å². The van der Waals surface area contributed by atoms with Crippen molar-refractivity contribution in [2.45, 2.75) is 33.4 Å². The normalized spacial score (nSPS) is 14.7. The molecule has 36 heavy (non-hydrogen) atoms. The molecule has 182 valence electrons. The number of anilines is 2. The number of allylic oxidation sites excluding steroid dienone is 1. The number of rotatable bonds is 6. The Hall–Kier alpha value is -4.10. The fourth-order valence-electron chi connectivity index (χ4n) is 4.40. The van der Waals surface area contributed by atoms with Gasteiger partial charge in [0.15, 0.2) is 0 Å². The van der Waals surface area contributed by atoms with E-state index in [4.69, 9.17) is 16.3 Å². The van der Waals surface area contributed by atoms with E-state index in [2.05, 4.69) is 20.7 Å². The molecule has 7 nitrogen and oxygen atoms in total. The summed E-state index contributed by atoms with van der Waals surface area (Å²) in [7, 11) is 0. The van der Waals surface area contributed by atoms with Crippen molar-refractivity contribution in [2.24, 2.45) is 0 Å². The maximum Gasteiger partial charge on any atom is 0.255 e. The number of fused-ring (bicyclic) bond motifs is 1. The quantitative estimate of drug-likeness (QED) is 0.337. The van der Waals surface area contributed by atoms with Crippen LogP contribution in [0.3, 0.4) is 0 Å². The van der Waals surface area contributed by atoms with E-state index in [-0.39, 0.29) is 5.91 Å². The first-order valence-electron chi connectivity index (χ1n) is 11.6. The highest BCUT2D eigenvalue weighted by Crippen LogP contribution is 2.39. The monoisotopic (exact) mass is 499 g/mol. The predicted octanol–water partition coefficient (Wildman–Crippen LogP) is 6.05. The summed E-state index contributed by atoms with van der Waals surface area (Å²) in [6.45, 7) is 6.24. The number of hydrogen-bond acceptors (Lipinski definition) is 5. The molecule has 8 heteroatoms. The molecule has 0 saturated heterocycles. The molecular weight excluding hydrogens is 474 g/mol. The molecule has 2 heterocycles. The number of hydrogen-bond donors (Lipinski definition) is 2. The smallest absolute Gasteiger partial charge is 0.255 e. The molecule has 1 aliphatic heterocycles. The summed E-state index contributed by atoms with van der Waals surface area (Å²) in [5.41, 5.74) is 5.93. The first kappa shape index (κ1) is 23.6. The Morgan fingerprint density at radius 1 is 1.08 bits per heavy atom. The minimum absolute atomic E-state index is 0.217. The van der Waals surface area contributed by atoms with Gasteiger partial charge < -0.3 is 15.4 Å². The minimum Gasteiger partial charge on any atom is -0.489 e. The number of aryl methyl sites for hydroxylation is 2. The molecule has 1 atom stereocenters. The lowest BCUT2D eigenvalue weighted by Gasteiger charge is -2.30. The topological polar surface area (TPSA) is 81.1 Å². The molecule has 0 saturated carbocycles. The lowest BCUT2D eigenvalue weighted by molar-refractivity contribution is -0.113.